The highest BCUT2D eigenvalue weighted by molar-refractivity contribution is 9.10. The predicted molar refractivity (Wildman–Crippen MR) is 69.9 cm³/mol. The maximum atomic E-state index is 11.9. The van der Waals surface area contributed by atoms with E-state index in [4.69, 9.17) is 4.74 Å². The Kier molecular flexibility index (Phi) is 2.20. The number of halogens is 1. The lowest BCUT2D eigenvalue weighted by atomic mass is 9.94. The number of cyclic esters (lactones) is 1. The van der Waals surface area contributed by atoms with Gasteiger partial charge in [-0.3, -0.25) is 9.36 Å². The summed E-state index contributed by atoms with van der Waals surface area (Å²) in [6, 6.07) is 3.76. The van der Waals surface area contributed by atoms with Gasteiger partial charge in [0.2, 0.25) is 0 Å². The summed E-state index contributed by atoms with van der Waals surface area (Å²) < 4.78 is 7.64. The number of hydrogen-bond donors (Lipinski definition) is 0. The Labute approximate surface area is 112 Å². The average molecular weight is 308 g/mol. The number of nitrogens with zero attached hydrogens (tertiary/aromatic N) is 1. The van der Waals surface area contributed by atoms with E-state index in [0.29, 0.717) is 5.56 Å². The van der Waals surface area contributed by atoms with Crippen LogP contribution in [0.3, 0.4) is 0 Å². The van der Waals surface area contributed by atoms with E-state index in [-0.39, 0.29) is 0 Å². The third-order valence-corrected chi connectivity index (χ3v) is 3.67. The molecule has 18 heavy (non-hydrogen) atoms. The van der Waals surface area contributed by atoms with Gasteiger partial charge >= 0.3 is 6.09 Å². The van der Waals surface area contributed by atoms with Crippen molar-refractivity contribution in [1.82, 2.24) is 4.57 Å². The molecule has 5 heteroatoms. The Bertz CT molecular complexity index is 700. The Morgan fingerprint density at radius 3 is 2.78 bits per heavy atom. The van der Waals surface area contributed by atoms with Crippen LogP contribution in [0.4, 0.5) is 4.79 Å². The largest absolute Gasteiger partial charge is 0.438 e. The summed E-state index contributed by atoms with van der Waals surface area (Å²) in [7, 11) is 0. The molecular weight excluding hydrogens is 298 g/mol. The van der Waals surface area contributed by atoms with Crippen LogP contribution in [0, 0.1) is 0 Å². The highest BCUT2D eigenvalue weighted by Gasteiger charge is 2.35. The average Bonchev–Trinajstić information content (AvgIpc) is 2.64. The Morgan fingerprint density at radius 1 is 1.39 bits per heavy atom. The van der Waals surface area contributed by atoms with Gasteiger partial charge in [-0.25, -0.2) is 4.79 Å². The number of aromatic nitrogens is 1. The molecule has 0 aliphatic carbocycles. The van der Waals surface area contributed by atoms with Crippen LogP contribution in [-0.4, -0.2) is 16.9 Å². The molecule has 0 unspecified atom stereocenters. The molecule has 0 fully saturated rings. The summed E-state index contributed by atoms with van der Waals surface area (Å²) in [5.74, 6) is 0. The summed E-state index contributed by atoms with van der Waals surface area (Å²) in [5, 5.41) is 0.763. The van der Waals surface area contributed by atoms with Gasteiger partial charge in [0.05, 0.1) is 5.52 Å². The Balaban J connectivity index is 2.54. The normalized spacial score (nSPS) is 16.7. The molecule has 3 rings (SSSR count). The predicted octanol–water partition coefficient (Wildman–Crippen LogP) is 3.45. The van der Waals surface area contributed by atoms with Gasteiger partial charge in [-0.05, 0) is 26.0 Å². The molecule has 0 bridgehead atoms. The molecule has 0 radical (unpaired) electrons. The molecule has 0 amide bonds. The Hall–Kier alpha value is -1.62. The van der Waals surface area contributed by atoms with Crippen molar-refractivity contribution < 1.29 is 14.3 Å². The minimum Gasteiger partial charge on any atom is -0.438 e. The summed E-state index contributed by atoms with van der Waals surface area (Å²) >= 11 is 3.42. The molecule has 1 aromatic carbocycles. The van der Waals surface area contributed by atoms with Crippen molar-refractivity contribution in [2.75, 3.05) is 0 Å². The van der Waals surface area contributed by atoms with E-state index in [9.17, 15) is 9.59 Å². The zero-order chi connectivity index (χ0) is 13.1. The molecule has 92 valence electrons. The second kappa shape index (κ2) is 3.45. The molecule has 1 aromatic heterocycles. The first-order chi connectivity index (χ1) is 8.44. The number of hydrogen-bond acceptors (Lipinski definition) is 3. The topological polar surface area (TPSA) is 48.3 Å². The zero-order valence-corrected chi connectivity index (χ0v) is 11.4. The van der Waals surface area contributed by atoms with Crippen molar-refractivity contribution in [2.24, 2.45) is 0 Å². The van der Waals surface area contributed by atoms with Gasteiger partial charge in [0.15, 0.2) is 6.29 Å². The van der Waals surface area contributed by atoms with Gasteiger partial charge in [-0.1, -0.05) is 15.9 Å². The standard InChI is InChI=1S/C13H10BrNO3/c1-13(2)10-4-8(14)3-9-7(6-16)5-15(11(9)10)12(17)18-13/h3-6H,1-2H3. The highest BCUT2D eigenvalue weighted by atomic mass is 79.9. The maximum absolute atomic E-state index is 11.9. The van der Waals surface area contributed by atoms with E-state index < -0.39 is 11.7 Å². The number of carbonyl (C=O) groups is 2. The summed E-state index contributed by atoms with van der Waals surface area (Å²) in [4.78, 5) is 23.0. The van der Waals surface area contributed by atoms with E-state index in [1.807, 2.05) is 26.0 Å². The molecule has 0 N–H and O–H groups in total. The van der Waals surface area contributed by atoms with Crippen LogP contribution in [0.1, 0.15) is 29.8 Å². The second-order valence-electron chi connectivity index (χ2n) is 4.80. The van der Waals surface area contributed by atoms with E-state index in [1.165, 1.54) is 10.8 Å². The molecule has 2 heterocycles. The molecule has 0 saturated carbocycles. The van der Waals surface area contributed by atoms with Gasteiger partial charge in [-0.2, -0.15) is 0 Å². The fraction of sp³-hybridized carbons (Fsp3) is 0.231. The first-order valence-corrected chi connectivity index (χ1v) is 6.27. The molecule has 0 atom stereocenters. The lowest BCUT2D eigenvalue weighted by Gasteiger charge is -2.31. The number of ether oxygens (including phenoxy) is 1. The van der Waals surface area contributed by atoms with Crippen molar-refractivity contribution in [3.05, 3.63) is 33.9 Å². The number of benzene rings is 1. The quantitative estimate of drug-likeness (QED) is 0.758. The van der Waals surface area contributed by atoms with Crippen LogP contribution in [0.2, 0.25) is 0 Å². The minimum atomic E-state index is -0.701. The molecular formula is C13H10BrNO3. The minimum absolute atomic E-state index is 0.451. The fourth-order valence-electron chi connectivity index (χ4n) is 2.37. The fourth-order valence-corrected chi connectivity index (χ4v) is 2.83. The third-order valence-electron chi connectivity index (χ3n) is 3.21. The summed E-state index contributed by atoms with van der Waals surface area (Å²) in [5.41, 5.74) is 1.43. The van der Waals surface area contributed by atoms with E-state index in [2.05, 4.69) is 15.9 Å². The summed E-state index contributed by atoms with van der Waals surface area (Å²) in [6.45, 7) is 3.67. The highest BCUT2D eigenvalue weighted by Crippen LogP contribution is 2.39. The SMILES string of the molecule is CC1(C)OC(=O)n2cc(C=O)c3cc(Br)cc1c32. The van der Waals surface area contributed by atoms with Crippen LogP contribution in [0.5, 0.6) is 0 Å². The van der Waals surface area contributed by atoms with E-state index in [0.717, 1.165) is 27.2 Å². The van der Waals surface area contributed by atoms with Gasteiger partial charge in [0.1, 0.15) is 5.60 Å². The second-order valence-corrected chi connectivity index (χ2v) is 5.72. The molecule has 2 aromatic rings. The smallest absolute Gasteiger partial charge is 0.419 e. The molecule has 0 saturated heterocycles. The van der Waals surface area contributed by atoms with Gasteiger partial charge in [0, 0.05) is 27.2 Å². The van der Waals surface area contributed by atoms with Crippen LogP contribution in [0.15, 0.2) is 22.8 Å². The first kappa shape index (κ1) is 11.5. The van der Waals surface area contributed by atoms with Crippen molar-refractivity contribution in [3.63, 3.8) is 0 Å². The number of rotatable bonds is 1. The number of carbonyl (C=O) groups excluding carboxylic acids is 2. The van der Waals surface area contributed by atoms with Crippen LogP contribution >= 0.6 is 15.9 Å². The number of aldehydes is 1. The lowest BCUT2D eigenvalue weighted by Crippen LogP contribution is -2.33. The van der Waals surface area contributed by atoms with Crippen molar-refractivity contribution >= 4 is 39.2 Å². The summed E-state index contributed by atoms with van der Waals surface area (Å²) in [6.07, 6.45) is 1.82. The molecule has 0 spiro atoms. The zero-order valence-electron chi connectivity index (χ0n) is 9.86. The third kappa shape index (κ3) is 1.37. The first-order valence-electron chi connectivity index (χ1n) is 5.47. The van der Waals surface area contributed by atoms with Crippen molar-refractivity contribution in [2.45, 2.75) is 19.4 Å². The van der Waals surface area contributed by atoms with Gasteiger partial charge < -0.3 is 4.74 Å². The van der Waals surface area contributed by atoms with Crippen LogP contribution < -0.4 is 0 Å². The van der Waals surface area contributed by atoms with Crippen LogP contribution in [-0.2, 0) is 10.3 Å². The molecule has 4 nitrogen and oxygen atoms in total. The monoisotopic (exact) mass is 307 g/mol. The van der Waals surface area contributed by atoms with E-state index >= 15 is 0 Å². The van der Waals surface area contributed by atoms with Crippen LogP contribution in [0.25, 0.3) is 10.9 Å². The lowest BCUT2D eigenvalue weighted by molar-refractivity contribution is 0.0331. The Morgan fingerprint density at radius 2 is 2.11 bits per heavy atom. The van der Waals surface area contributed by atoms with Gasteiger partial charge in [0.25, 0.3) is 0 Å². The molecule has 1 aliphatic heterocycles. The van der Waals surface area contributed by atoms with Crippen molar-refractivity contribution in [3.8, 4) is 0 Å². The van der Waals surface area contributed by atoms with Gasteiger partial charge in [-0.15, -0.1) is 0 Å². The van der Waals surface area contributed by atoms with E-state index in [1.54, 1.807) is 0 Å². The van der Waals surface area contributed by atoms with Crippen molar-refractivity contribution in [1.29, 1.82) is 0 Å². The maximum Gasteiger partial charge on any atom is 0.419 e. The molecule has 1 aliphatic rings.